The van der Waals surface area contributed by atoms with Gasteiger partial charge in [0.1, 0.15) is 0 Å². The van der Waals surface area contributed by atoms with Crippen LogP contribution >= 0.6 is 0 Å². The number of rotatable bonds is 11. The zero-order chi connectivity index (χ0) is 14.6. The number of likely N-dealkylation sites (N-methyl/N-ethyl adjacent to an activating group) is 1. The third-order valence-corrected chi connectivity index (χ3v) is 3.30. The number of aryl methyl sites for hydroxylation is 1. The van der Waals surface area contributed by atoms with Crippen molar-refractivity contribution in [1.29, 1.82) is 0 Å². The summed E-state index contributed by atoms with van der Waals surface area (Å²) < 4.78 is 1.56. The molecule has 0 saturated heterocycles. The van der Waals surface area contributed by atoms with Gasteiger partial charge in [0, 0.05) is 25.7 Å². The highest BCUT2D eigenvalue weighted by molar-refractivity contribution is 5.38. The van der Waals surface area contributed by atoms with E-state index in [0.717, 1.165) is 31.7 Å². The van der Waals surface area contributed by atoms with Gasteiger partial charge in [0.15, 0.2) is 0 Å². The Morgan fingerprint density at radius 1 is 1.15 bits per heavy atom. The van der Waals surface area contributed by atoms with Gasteiger partial charge in [-0.05, 0) is 13.5 Å². The van der Waals surface area contributed by atoms with Crippen LogP contribution in [0.1, 0.15) is 45.4 Å². The highest BCUT2D eigenvalue weighted by atomic mass is 16.1. The minimum absolute atomic E-state index is 0.0204. The molecule has 0 spiro atoms. The summed E-state index contributed by atoms with van der Waals surface area (Å²) in [6.45, 7) is 4.59. The molecule has 20 heavy (non-hydrogen) atoms. The normalized spacial score (nSPS) is 10.7. The molecule has 0 aromatic carbocycles. The average Bonchev–Trinajstić information content (AvgIpc) is 2.45. The summed E-state index contributed by atoms with van der Waals surface area (Å²) in [5.74, 6) is 0. The molecule has 1 aromatic rings. The summed E-state index contributed by atoms with van der Waals surface area (Å²) in [4.78, 5) is 11.9. The van der Waals surface area contributed by atoms with Gasteiger partial charge in [0.05, 0.1) is 11.9 Å². The Kier molecular flexibility index (Phi) is 8.71. The molecule has 5 nitrogen and oxygen atoms in total. The number of aromatic nitrogens is 2. The predicted molar refractivity (Wildman–Crippen MR) is 84.3 cm³/mol. The van der Waals surface area contributed by atoms with E-state index in [0.29, 0.717) is 0 Å². The third kappa shape index (κ3) is 6.70. The van der Waals surface area contributed by atoms with E-state index in [-0.39, 0.29) is 5.56 Å². The van der Waals surface area contributed by atoms with Gasteiger partial charge >= 0.3 is 0 Å². The second kappa shape index (κ2) is 10.4. The van der Waals surface area contributed by atoms with Crippen LogP contribution in [0.2, 0.25) is 0 Å². The summed E-state index contributed by atoms with van der Waals surface area (Å²) >= 11 is 0. The lowest BCUT2D eigenvalue weighted by Crippen LogP contribution is -2.24. The SMILES string of the molecule is CCCCCCCCn1ncc(NCCNC)cc1=O. The van der Waals surface area contributed by atoms with Gasteiger partial charge in [0.25, 0.3) is 5.56 Å². The first kappa shape index (κ1) is 16.7. The molecular weight excluding hydrogens is 252 g/mol. The summed E-state index contributed by atoms with van der Waals surface area (Å²) in [6.07, 6.45) is 9.07. The first-order chi connectivity index (χ1) is 9.77. The van der Waals surface area contributed by atoms with Crippen molar-refractivity contribution in [2.45, 2.75) is 52.0 Å². The Bertz CT molecular complexity index is 417. The van der Waals surface area contributed by atoms with E-state index >= 15 is 0 Å². The van der Waals surface area contributed by atoms with Gasteiger partial charge in [-0.25, -0.2) is 4.68 Å². The highest BCUT2D eigenvalue weighted by Gasteiger charge is 2.00. The molecule has 1 aromatic heterocycles. The van der Waals surface area contributed by atoms with Gasteiger partial charge in [-0.3, -0.25) is 4.79 Å². The first-order valence-corrected chi connectivity index (χ1v) is 7.73. The zero-order valence-electron chi connectivity index (χ0n) is 12.8. The Morgan fingerprint density at radius 3 is 2.60 bits per heavy atom. The fourth-order valence-electron chi connectivity index (χ4n) is 2.07. The predicted octanol–water partition coefficient (Wildman–Crippen LogP) is 2.24. The van der Waals surface area contributed by atoms with Crippen molar-refractivity contribution in [3.05, 3.63) is 22.6 Å². The van der Waals surface area contributed by atoms with Crippen molar-refractivity contribution in [2.75, 3.05) is 25.5 Å². The lowest BCUT2D eigenvalue weighted by molar-refractivity contribution is 0.509. The minimum atomic E-state index is -0.0204. The molecule has 0 atom stereocenters. The summed E-state index contributed by atoms with van der Waals surface area (Å²) in [7, 11) is 1.90. The summed E-state index contributed by atoms with van der Waals surface area (Å²) in [5, 5.41) is 10.4. The summed E-state index contributed by atoms with van der Waals surface area (Å²) in [6, 6.07) is 1.62. The number of unbranched alkanes of at least 4 members (excludes halogenated alkanes) is 5. The maximum Gasteiger partial charge on any atom is 0.268 e. The first-order valence-electron chi connectivity index (χ1n) is 7.73. The second-order valence-corrected chi connectivity index (χ2v) is 5.10. The molecule has 2 N–H and O–H groups in total. The van der Waals surface area contributed by atoms with Crippen LogP contribution in [-0.2, 0) is 6.54 Å². The number of hydrogen-bond acceptors (Lipinski definition) is 4. The molecule has 0 aliphatic heterocycles. The molecule has 1 rings (SSSR count). The van der Waals surface area contributed by atoms with Crippen LogP contribution in [-0.4, -0.2) is 29.9 Å². The van der Waals surface area contributed by atoms with Crippen LogP contribution in [0.3, 0.4) is 0 Å². The lowest BCUT2D eigenvalue weighted by atomic mass is 10.1. The fraction of sp³-hybridized carbons (Fsp3) is 0.733. The third-order valence-electron chi connectivity index (χ3n) is 3.30. The van der Waals surface area contributed by atoms with E-state index < -0.39 is 0 Å². The van der Waals surface area contributed by atoms with Crippen molar-refractivity contribution in [3.63, 3.8) is 0 Å². The molecule has 0 amide bonds. The number of anilines is 1. The van der Waals surface area contributed by atoms with Gasteiger partial charge in [-0.1, -0.05) is 39.0 Å². The molecule has 114 valence electrons. The minimum Gasteiger partial charge on any atom is -0.382 e. The molecule has 0 radical (unpaired) electrons. The lowest BCUT2D eigenvalue weighted by Gasteiger charge is -2.08. The number of nitrogens with zero attached hydrogens (tertiary/aromatic N) is 2. The van der Waals surface area contributed by atoms with Crippen molar-refractivity contribution in [3.8, 4) is 0 Å². The van der Waals surface area contributed by atoms with Gasteiger partial charge in [0.2, 0.25) is 0 Å². The fourth-order valence-corrected chi connectivity index (χ4v) is 2.07. The maximum absolute atomic E-state index is 11.9. The Morgan fingerprint density at radius 2 is 1.90 bits per heavy atom. The quantitative estimate of drug-likeness (QED) is 0.610. The van der Waals surface area contributed by atoms with Crippen LogP contribution in [0.4, 0.5) is 5.69 Å². The van der Waals surface area contributed by atoms with E-state index in [1.807, 2.05) is 7.05 Å². The molecule has 1 heterocycles. The van der Waals surface area contributed by atoms with Crippen molar-refractivity contribution in [2.24, 2.45) is 0 Å². The largest absolute Gasteiger partial charge is 0.382 e. The Labute approximate surface area is 121 Å². The maximum atomic E-state index is 11.9. The summed E-state index contributed by atoms with van der Waals surface area (Å²) in [5.41, 5.74) is 0.775. The molecule has 0 aliphatic rings. The molecular formula is C15H28N4O. The van der Waals surface area contributed by atoms with Crippen LogP contribution in [0.5, 0.6) is 0 Å². The Balaban J connectivity index is 2.30. The number of hydrogen-bond donors (Lipinski definition) is 2. The molecule has 0 bridgehead atoms. The van der Waals surface area contributed by atoms with E-state index in [1.165, 1.54) is 32.1 Å². The van der Waals surface area contributed by atoms with Gasteiger partial charge in [-0.15, -0.1) is 0 Å². The second-order valence-electron chi connectivity index (χ2n) is 5.10. The highest BCUT2D eigenvalue weighted by Crippen LogP contribution is 2.05. The molecule has 0 fully saturated rings. The monoisotopic (exact) mass is 280 g/mol. The number of nitrogens with one attached hydrogen (secondary N) is 2. The average molecular weight is 280 g/mol. The zero-order valence-corrected chi connectivity index (χ0v) is 12.8. The van der Waals surface area contributed by atoms with Gasteiger partial charge in [-0.2, -0.15) is 5.10 Å². The van der Waals surface area contributed by atoms with Crippen LogP contribution < -0.4 is 16.2 Å². The van der Waals surface area contributed by atoms with E-state index in [2.05, 4.69) is 22.7 Å². The van der Waals surface area contributed by atoms with Crippen molar-refractivity contribution in [1.82, 2.24) is 15.1 Å². The smallest absolute Gasteiger partial charge is 0.268 e. The van der Waals surface area contributed by atoms with Crippen LogP contribution in [0, 0.1) is 0 Å². The van der Waals surface area contributed by atoms with E-state index in [1.54, 1.807) is 16.9 Å². The molecule has 5 heteroatoms. The molecule has 0 aliphatic carbocycles. The molecule has 0 unspecified atom stereocenters. The van der Waals surface area contributed by atoms with Crippen molar-refractivity contribution < 1.29 is 0 Å². The van der Waals surface area contributed by atoms with Crippen LogP contribution in [0.25, 0.3) is 0 Å². The standard InChI is InChI=1S/C15H28N4O/c1-3-4-5-6-7-8-11-19-15(20)12-14(13-18-19)17-10-9-16-2/h12-13,16-17H,3-11H2,1-2H3. The van der Waals surface area contributed by atoms with E-state index in [4.69, 9.17) is 0 Å². The van der Waals surface area contributed by atoms with Crippen LogP contribution in [0.15, 0.2) is 17.1 Å². The van der Waals surface area contributed by atoms with Crippen molar-refractivity contribution >= 4 is 5.69 Å². The van der Waals surface area contributed by atoms with Gasteiger partial charge < -0.3 is 10.6 Å². The van der Waals surface area contributed by atoms with E-state index in [9.17, 15) is 4.79 Å². The molecule has 0 saturated carbocycles. The Hall–Kier alpha value is -1.36. The topological polar surface area (TPSA) is 59.0 Å².